The van der Waals surface area contributed by atoms with E-state index in [4.69, 9.17) is 22.1 Å². The standard InChI is InChI=1S/C18H16ClN3O4/c19-15-11-16(20)17(22(24)25)10-14(15)8-4-5-9-21-18(23)26-12-13-6-2-1-3-7-13/h1-3,6-7,10-11H,5,9,12,20H2,(H,21,23). The number of nitrogens with two attached hydrogens (primary N) is 1. The second kappa shape index (κ2) is 9.30. The number of benzene rings is 2. The number of hydrogen-bond donors (Lipinski definition) is 2. The molecule has 0 heterocycles. The quantitative estimate of drug-likeness (QED) is 0.274. The van der Waals surface area contributed by atoms with Gasteiger partial charge < -0.3 is 15.8 Å². The second-order valence-corrected chi connectivity index (χ2v) is 5.60. The number of nitrogen functional groups attached to an aromatic ring is 1. The molecule has 0 aliphatic carbocycles. The molecule has 2 aromatic rings. The number of carbonyl (C=O) groups excluding carboxylic acids is 1. The zero-order chi connectivity index (χ0) is 18.9. The topological polar surface area (TPSA) is 107 Å². The van der Waals surface area contributed by atoms with Crippen LogP contribution in [0, 0.1) is 22.0 Å². The predicted octanol–water partition coefficient (Wildman–Crippen LogP) is 3.50. The van der Waals surface area contributed by atoms with Crippen molar-refractivity contribution < 1.29 is 14.5 Å². The lowest BCUT2D eigenvalue weighted by Crippen LogP contribution is -2.24. The lowest BCUT2D eigenvalue weighted by atomic mass is 10.1. The number of alkyl carbamates (subject to hydrolysis) is 1. The van der Waals surface area contributed by atoms with Crippen LogP contribution in [0.1, 0.15) is 17.5 Å². The molecule has 0 atom stereocenters. The molecule has 3 N–H and O–H groups in total. The smallest absolute Gasteiger partial charge is 0.407 e. The number of nitrogens with zero attached hydrogens (tertiary/aromatic N) is 1. The summed E-state index contributed by atoms with van der Waals surface area (Å²) >= 11 is 5.97. The van der Waals surface area contributed by atoms with Gasteiger partial charge in [0.2, 0.25) is 0 Å². The number of amides is 1. The van der Waals surface area contributed by atoms with Crippen LogP contribution in [0.25, 0.3) is 0 Å². The first-order valence-corrected chi connectivity index (χ1v) is 8.02. The first-order chi connectivity index (χ1) is 12.5. The number of nitro groups is 1. The molecule has 134 valence electrons. The van der Waals surface area contributed by atoms with E-state index in [1.54, 1.807) is 0 Å². The molecule has 1 amide bonds. The molecular formula is C18H16ClN3O4. The van der Waals surface area contributed by atoms with Crippen LogP contribution in [0.4, 0.5) is 16.2 Å². The number of carbonyl (C=O) groups is 1. The van der Waals surface area contributed by atoms with Crippen molar-refractivity contribution in [1.82, 2.24) is 5.32 Å². The van der Waals surface area contributed by atoms with Crippen LogP contribution in [0.2, 0.25) is 5.02 Å². The third kappa shape index (κ3) is 5.69. The summed E-state index contributed by atoms with van der Waals surface area (Å²) in [6.45, 7) is 0.457. The normalized spacial score (nSPS) is 9.73. The van der Waals surface area contributed by atoms with Crippen molar-refractivity contribution in [3.8, 4) is 11.8 Å². The average Bonchev–Trinajstić information content (AvgIpc) is 2.61. The minimum absolute atomic E-state index is 0.0200. The Morgan fingerprint density at radius 3 is 2.73 bits per heavy atom. The average molecular weight is 374 g/mol. The summed E-state index contributed by atoms with van der Waals surface area (Å²) < 4.78 is 5.06. The summed E-state index contributed by atoms with van der Waals surface area (Å²) in [5, 5.41) is 13.7. The van der Waals surface area contributed by atoms with E-state index in [2.05, 4.69) is 17.2 Å². The fourth-order valence-electron chi connectivity index (χ4n) is 1.99. The number of nitrogens with one attached hydrogen (secondary N) is 1. The van der Waals surface area contributed by atoms with E-state index in [0.717, 1.165) is 5.56 Å². The maximum absolute atomic E-state index is 11.6. The molecule has 8 heteroatoms. The molecule has 2 rings (SSSR count). The van der Waals surface area contributed by atoms with E-state index < -0.39 is 11.0 Å². The van der Waals surface area contributed by atoms with Gasteiger partial charge >= 0.3 is 6.09 Å². The van der Waals surface area contributed by atoms with E-state index in [0.29, 0.717) is 12.0 Å². The number of rotatable bonds is 5. The van der Waals surface area contributed by atoms with Crippen LogP contribution in [0.15, 0.2) is 42.5 Å². The molecular weight excluding hydrogens is 358 g/mol. The van der Waals surface area contributed by atoms with E-state index in [-0.39, 0.29) is 29.5 Å². The number of halogens is 1. The largest absolute Gasteiger partial charge is 0.445 e. The van der Waals surface area contributed by atoms with Gasteiger partial charge in [-0.3, -0.25) is 10.1 Å². The highest BCUT2D eigenvalue weighted by atomic mass is 35.5. The van der Waals surface area contributed by atoms with Gasteiger partial charge in [0, 0.05) is 19.0 Å². The fraction of sp³-hybridized carbons (Fsp3) is 0.167. The van der Waals surface area contributed by atoms with Gasteiger partial charge in [-0.05, 0) is 11.6 Å². The van der Waals surface area contributed by atoms with Crippen molar-refractivity contribution in [3.05, 3.63) is 68.7 Å². The lowest BCUT2D eigenvalue weighted by molar-refractivity contribution is -0.383. The zero-order valence-electron chi connectivity index (χ0n) is 13.7. The van der Waals surface area contributed by atoms with Crippen molar-refractivity contribution in [3.63, 3.8) is 0 Å². The van der Waals surface area contributed by atoms with Gasteiger partial charge in [-0.2, -0.15) is 0 Å². The minimum atomic E-state index is -0.596. The van der Waals surface area contributed by atoms with Gasteiger partial charge in [0.15, 0.2) is 0 Å². The van der Waals surface area contributed by atoms with Crippen LogP contribution in [0.3, 0.4) is 0 Å². The van der Waals surface area contributed by atoms with Crippen molar-refractivity contribution in [2.24, 2.45) is 0 Å². The number of ether oxygens (including phenoxy) is 1. The predicted molar refractivity (Wildman–Crippen MR) is 98.6 cm³/mol. The van der Waals surface area contributed by atoms with Gasteiger partial charge in [0.25, 0.3) is 5.69 Å². The highest BCUT2D eigenvalue weighted by molar-refractivity contribution is 6.32. The lowest BCUT2D eigenvalue weighted by Gasteiger charge is -2.05. The van der Waals surface area contributed by atoms with Crippen LogP contribution < -0.4 is 11.1 Å². The summed E-state index contributed by atoms with van der Waals surface area (Å²) in [7, 11) is 0. The molecule has 2 aromatic carbocycles. The first-order valence-electron chi connectivity index (χ1n) is 7.64. The maximum atomic E-state index is 11.6. The minimum Gasteiger partial charge on any atom is -0.445 e. The molecule has 26 heavy (non-hydrogen) atoms. The Hall–Kier alpha value is -3.24. The molecule has 0 aliphatic heterocycles. The van der Waals surface area contributed by atoms with Crippen molar-refractivity contribution >= 4 is 29.1 Å². The third-order valence-corrected chi connectivity index (χ3v) is 3.58. The molecule has 7 nitrogen and oxygen atoms in total. The van der Waals surface area contributed by atoms with Gasteiger partial charge in [-0.25, -0.2) is 4.79 Å². The molecule has 0 fully saturated rings. The number of nitro benzene ring substituents is 1. The van der Waals surface area contributed by atoms with Gasteiger partial charge in [0.05, 0.1) is 15.5 Å². The Balaban J connectivity index is 1.81. The summed E-state index contributed by atoms with van der Waals surface area (Å²) in [6, 6.07) is 11.8. The highest BCUT2D eigenvalue weighted by Gasteiger charge is 2.14. The summed E-state index contributed by atoms with van der Waals surface area (Å²) in [4.78, 5) is 21.8. The van der Waals surface area contributed by atoms with Gasteiger partial charge in [-0.15, -0.1) is 0 Å². The van der Waals surface area contributed by atoms with Crippen molar-refractivity contribution in [2.75, 3.05) is 12.3 Å². The van der Waals surface area contributed by atoms with Crippen molar-refractivity contribution in [1.29, 1.82) is 0 Å². The molecule has 0 unspecified atom stereocenters. The Labute approximate surface area is 155 Å². The Kier molecular flexibility index (Phi) is 6.83. The maximum Gasteiger partial charge on any atom is 0.407 e. The zero-order valence-corrected chi connectivity index (χ0v) is 14.5. The SMILES string of the molecule is Nc1cc(Cl)c(C#CCCNC(=O)OCc2ccccc2)cc1[N+](=O)[O-]. The van der Waals surface area contributed by atoms with E-state index in [9.17, 15) is 14.9 Å². The molecule has 0 aromatic heterocycles. The summed E-state index contributed by atoms with van der Waals surface area (Å²) in [5.41, 5.74) is 6.46. The van der Waals surface area contributed by atoms with Gasteiger partial charge in [-0.1, -0.05) is 53.8 Å². The van der Waals surface area contributed by atoms with Crippen LogP contribution in [-0.2, 0) is 11.3 Å². The molecule has 0 saturated heterocycles. The van der Waals surface area contributed by atoms with Crippen LogP contribution >= 0.6 is 11.6 Å². The highest BCUT2D eigenvalue weighted by Crippen LogP contribution is 2.28. The van der Waals surface area contributed by atoms with Crippen molar-refractivity contribution in [2.45, 2.75) is 13.0 Å². The monoisotopic (exact) mass is 373 g/mol. The molecule has 0 saturated carbocycles. The Morgan fingerprint density at radius 2 is 2.04 bits per heavy atom. The first kappa shape index (κ1) is 19.1. The summed E-state index contributed by atoms with van der Waals surface area (Å²) in [5.74, 6) is 5.52. The van der Waals surface area contributed by atoms with E-state index >= 15 is 0 Å². The molecule has 0 radical (unpaired) electrons. The van der Waals surface area contributed by atoms with E-state index in [1.165, 1.54) is 12.1 Å². The third-order valence-electron chi connectivity index (χ3n) is 3.27. The Bertz CT molecular complexity index is 860. The van der Waals surface area contributed by atoms with Crippen LogP contribution in [0.5, 0.6) is 0 Å². The number of anilines is 1. The number of hydrogen-bond acceptors (Lipinski definition) is 5. The van der Waals surface area contributed by atoms with Crippen LogP contribution in [-0.4, -0.2) is 17.6 Å². The molecule has 0 bridgehead atoms. The molecule has 0 spiro atoms. The summed E-state index contributed by atoms with van der Waals surface area (Å²) in [6.07, 6.45) is -0.216. The Morgan fingerprint density at radius 1 is 1.31 bits per heavy atom. The van der Waals surface area contributed by atoms with E-state index in [1.807, 2.05) is 30.3 Å². The van der Waals surface area contributed by atoms with Gasteiger partial charge in [0.1, 0.15) is 12.3 Å². The second-order valence-electron chi connectivity index (χ2n) is 5.19. The fourth-order valence-corrected chi connectivity index (χ4v) is 2.21. The molecule has 0 aliphatic rings.